The number of carbonyl (C=O) groups excluding carboxylic acids is 1. The van der Waals surface area contributed by atoms with Crippen LogP contribution < -0.4 is 10.6 Å². The highest BCUT2D eigenvalue weighted by Crippen LogP contribution is 2.27. The Morgan fingerprint density at radius 3 is 2.59 bits per heavy atom. The van der Waals surface area contributed by atoms with Crippen molar-refractivity contribution in [3.05, 3.63) is 0 Å². The van der Waals surface area contributed by atoms with E-state index in [1.807, 2.05) is 0 Å². The van der Waals surface area contributed by atoms with Crippen molar-refractivity contribution < 1.29 is 4.79 Å². The lowest BCUT2D eigenvalue weighted by atomic mass is 9.93. The molecule has 0 bridgehead atoms. The van der Waals surface area contributed by atoms with Crippen LogP contribution in [0.4, 0.5) is 4.79 Å². The molecule has 2 saturated heterocycles. The van der Waals surface area contributed by atoms with Crippen molar-refractivity contribution in [2.24, 2.45) is 0 Å². The molecule has 0 spiro atoms. The summed E-state index contributed by atoms with van der Waals surface area (Å²) in [5.41, 5.74) is 0. The molecule has 0 aromatic carbocycles. The van der Waals surface area contributed by atoms with Crippen LogP contribution in [0.2, 0.25) is 0 Å². The quantitative estimate of drug-likeness (QED) is 0.764. The van der Waals surface area contributed by atoms with E-state index < -0.39 is 0 Å². The maximum atomic E-state index is 11.8. The Kier molecular flexibility index (Phi) is 3.23. The Labute approximate surface area is 103 Å². The molecule has 4 nitrogen and oxygen atoms in total. The van der Waals surface area contributed by atoms with Gasteiger partial charge in [-0.25, -0.2) is 4.79 Å². The predicted octanol–water partition coefficient (Wildman–Crippen LogP) is 1.46. The fourth-order valence-corrected chi connectivity index (χ4v) is 3.36. The van der Waals surface area contributed by atoms with Crippen LogP contribution in [-0.2, 0) is 0 Å². The van der Waals surface area contributed by atoms with Gasteiger partial charge in [0.25, 0.3) is 0 Å². The van der Waals surface area contributed by atoms with E-state index in [0.717, 1.165) is 19.3 Å². The summed E-state index contributed by atoms with van der Waals surface area (Å²) in [6, 6.07) is 1.50. The van der Waals surface area contributed by atoms with Crippen LogP contribution >= 0.6 is 0 Å². The first-order valence-corrected chi connectivity index (χ1v) is 7.14. The highest BCUT2D eigenvalue weighted by atomic mass is 16.2. The lowest BCUT2D eigenvalue weighted by Gasteiger charge is -2.33. The lowest BCUT2D eigenvalue weighted by molar-refractivity contribution is 0.177. The Hall–Kier alpha value is -0.770. The maximum Gasteiger partial charge on any atom is 0.315 e. The molecule has 1 aliphatic carbocycles. The Morgan fingerprint density at radius 2 is 1.82 bits per heavy atom. The minimum atomic E-state index is 0.0622. The van der Waals surface area contributed by atoms with Crippen LogP contribution in [0, 0.1) is 0 Å². The van der Waals surface area contributed by atoms with Gasteiger partial charge in [0.15, 0.2) is 0 Å². The summed E-state index contributed by atoms with van der Waals surface area (Å²) < 4.78 is 0. The van der Waals surface area contributed by atoms with Crippen molar-refractivity contribution in [3.63, 3.8) is 0 Å². The fraction of sp³-hybridized carbons (Fsp3) is 0.923. The molecule has 0 aromatic rings. The van der Waals surface area contributed by atoms with Crippen molar-refractivity contribution in [2.45, 2.75) is 63.1 Å². The van der Waals surface area contributed by atoms with Crippen molar-refractivity contribution in [1.29, 1.82) is 0 Å². The minimum absolute atomic E-state index is 0.0622. The van der Waals surface area contributed by atoms with Crippen LogP contribution in [-0.4, -0.2) is 42.1 Å². The highest BCUT2D eigenvalue weighted by Gasteiger charge is 2.36. The van der Waals surface area contributed by atoms with E-state index in [1.165, 1.54) is 38.8 Å². The van der Waals surface area contributed by atoms with E-state index in [-0.39, 0.29) is 6.03 Å². The summed E-state index contributed by atoms with van der Waals surface area (Å²) in [6.07, 6.45) is 8.63. The van der Waals surface area contributed by atoms with Crippen LogP contribution in [0.25, 0.3) is 0 Å². The summed E-state index contributed by atoms with van der Waals surface area (Å²) >= 11 is 0. The first-order valence-electron chi connectivity index (χ1n) is 7.14. The van der Waals surface area contributed by atoms with Gasteiger partial charge in [0, 0.05) is 24.7 Å². The van der Waals surface area contributed by atoms with Gasteiger partial charge in [0.2, 0.25) is 0 Å². The Morgan fingerprint density at radius 1 is 0.941 bits per heavy atom. The molecule has 4 heteroatoms. The first-order chi connectivity index (χ1) is 8.33. The monoisotopic (exact) mass is 237 g/mol. The standard InChI is InChI=1S/C13H23N3O/c17-13(14-10-4-3-5-10)15-11-7-9-16-8-2-1-6-12(11)16/h10-12H,1-9H2,(H2,14,15,17). The highest BCUT2D eigenvalue weighted by molar-refractivity contribution is 5.74. The molecule has 2 aliphatic heterocycles. The van der Waals surface area contributed by atoms with Gasteiger partial charge in [-0.3, -0.25) is 4.90 Å². The molecule has 3 fully saturated rings. The summed E-state index contributed by atoms with van der Waals surface area (Å²) in [5, 5.41) is 6.26. The molecule has 2 amide bonds. The summed E-state index contributed by atoms with van der Waals surface area (Å²) in [6.45, 7) is 2.39. The van der Waals surface area contributed by atoms with Crippen molar-refractivity contribution in [3.8, 4) is 0 Å². The SMILES string of the molecule is O=C(NC1CCC1)NC1CCN2CCCCC12. The topological polar surface area (TPSA) is 44.4 Å². The Balaban J connectivity index is 1.49. The van der Waals surface area contributed by atoms with Gasteiger partial charge in [-0.05, 0) is 45.1 Å². The number of rotatable bonds is 2. The third-order valence-electron chi connectivity index (χ3n) is 4.61. The molecule has 2 atom stereocenters. The third-order valence-corrected chi connectivity index (χ3v) is 4.61. The third kappa shape index (κ3) is 2.41. The van der Waals surface area contributed by atoms with Crippen LogP contribution in [0.5, 0.6) is 0 Å². The van der Waals surface area contributed by atoms with Gasteiger partial charge in [0.05, 0.1) is 0 Å². The second-order valence-electron chi connectivity index (χ2n) is 5.74. The largest absolute Gasteiger partial charge is 0.335 e. The van der Waals surface area contributed by atoms with Gasteiger partial charge in [-0.2, -0.15) is 0 Å². The lowest BCUT2D eigenvalue weighted by Crippen LogP contribution is -2.52. The normalized spacial score (nSPS) is 33.9. The first kappa shape index (κ1) is 11.3. The van der Waals surface area contributed by atoms with E-state index in [4.69, 9.17) is 0 Å². The summed E-state index contributed by atoms with van der Waals surface area (Å²) in [5.74, 6) is 0. The van der Waals surface area contributed by atoms with Crippen molar-refractivity contribution in [1.82, 2.24) is 15.5 Å². The van der Waals surface area contributed by atoms with Gasteiger partial charge >= 0.3 is 6.03 Å². The number of nitrogens with zero attached hydrogens (tertiary/aromatic N) is 1. The van der Waals surface area contributed by atoms with Gasteiger partial charge in [0.1, 0.15) is 0 Å². The molecule has 3 aliphatic rings. The molecular weight excluding hydrogens is 214 g/mol. The van der Waals surface area contributed by atoms with E-state index in [1.54, 1.807) is 0 Å². The van der Waals surface area contributed by atoms with Gasteiger partial charge in [-0.1, -0.05) is 6.42 Å². The molecule has 0 aromatic heterocycles. The molecule has 17 heavy (non-hydrogen) atoms. The Bertz CT molecular complexity index is 290. The average molecular weight is 237 g/mol. The predicted molar refractivity (Wildman–Crippen MR) is 66.9 cm³/mol. The van der Waals surface area contributed by atoms with Crippen molar-refractivity contribution in [2.75, 3.05) is 13.1 Å². The fourth-order valence-electron chi connectivity index (χ4n) is 3.36. The number of urea groups is 1. The average Bonchev–Trinajstić information content (AvgIpc) is 2.68. The number of hydrogen-bond acceptors (Lipinski definition) is 2. The van der Waals surface area contributed by atoms with Crippen molar-refractivity contribution >= 4 is 6.03 Å². The smallest absolute Gasteiger partial charge is 0.315 e. The van der Waals surface area contributed by atoms with E-state index in [9.17, 15) is 4.79 Å². The maximum absolute atomic E-state index is 11.8. The number of hydrogen-bond donors (Lipinski definition) is 2. The summed E-state index contributed by atoms with van der Waals surface area (Å²) in [4.78, 5) is 14.4. The van der Waals surface area contributed by atoms with E-state index in [0.29, 0.717) is 18.1 Å². The van der Waals surface area contributed by atoms with Gasteiger partial charge in [-0.15, -0.1) is 0 Å². The molecule has 2 heterocycles. The minimum Gasteiger partial charge on any atom is -0.335 e. The number of nitrogens with one attached hydrogen (secondary N) is 2. The zero-order valence-electron chi connectivity index (χ0n) is 10.5. The number of piperidine rings is 1. The zero-order chi connectivity index (χ0) is 11.7. The molecule has 1 saturated carbocycles. The van der Waals surface area contributed by atoms with Crippen LogP contribution in [0.1, 0.15) is 44.9 Å². The number of amides is 2. The van der Waals surface area contributed by atoms with E-state index >= 15 is 0 Å². The zero-order valence-corrected chi connectivity index (χ0v) is 10.5. The van der Waals surface area contributed by atoms with E-state index in [2.05, 4.69) is 15.5 Å². The number of carbonyl (C=O) groups is 1. The molecule has 0 radical (unpaired) electrons. The van der Waals surface area contributed by atoms with Crippen LogP contribution in [0.15, 0.2) is 0 Å². The summed E-state index contributed by atoms with van der Waals surface area (Å²) in [7, 11) is 0. The molecule has 2 unspecified atom stereocenters. The molecule has 2 N–H and O–H groups in total. The molecule has 3 rings (SSSR count). The molecule has 96 valence electrons. The second kappa shape index (κ2) is 4.84. The van der Waals surface area contributed by atoms with Gasteiger partial charge < -0.3 is 10.6 Å². The molecular formula is C13H23N3O. The number of fused-ring (bicyclic) bond motifs is 1. The second-order valence-corrected chi connectivity index (χ2v) is 5.74. The van der Waals surface area contributed by atoms with Crippen LogP contribution in [0.3, 0.4) is 0 Å².